The Morgan fingerprint density at radius 1 is 0.900 bits per heavy atom. The first-order valence-electron chi connectivity index (χ1n) is 9.44. The molecule has 0 fully saturated rings. The first kappa shape index (κ1) is 20.8. The van der Waals surface area contributed by atoms with Gasteiger partial charge >= 0.3 is 5.97 Å². The van der Waals surface area contributed by atoms with E-state index in [1.54, 1.807) is 36.4 Å². The van der Waals surface area contributed by atoms with Crippen LogP contribution in [-0.4, -0.2) is 30.9 Å². The molecule has 152 valence electrons. The molecule has 0 aliphatic rings. The van der Waals surface area contributed by atoms with Crippen LogP contribution in [0, 0.1) is 0 Å². The van der Waals surface area contributed by atoms with Crippen LogP contribution < -0.4 is 10.6 Å². The summed E-state index contributed by atoms with van der Waals surface area (Å²) < 4.78 is 4.66. The molecular formula is C24H22N2O4. The number of methoxy groups -OCH3 is 1. The maximum Gasteiger partial charge on any atom is 0.328 e. The van der Waals surface area contributed by atoms with Crippen LogP contribution >= 0.6 is 0 Å². The van der Waals surface area contributed by atoms with Gasteiger partial charge in [0, 0.05) is 5.56 Å². The molecule has 0 unspecified atom stereocenters. The van der Waals surface area contributed by atoms with E-state index < -0.39 is 23.8 Å². The van der Waals surface area contributed by atoms with E-state index in [2.05, 4.69) is 15.4 Å². The summed E-state index contributed by atoms with van der Waals surface area (Å²) in [6.45, 7) is 1.51. The molecule has 0 aliphatic heterocycles. The lowest BCUT2D eigenvalue weighted by atomic mass is 10.0. The summed E-state index contributed by atoms with van der Waals surface area (Å²) in [6, 6.07) is 21.1. The lowest BCUT2D eigenvalue weighted by Gasteiger charge is -2.15. The van der Waals surface area contributed by atoms with Crippen molar-refractivity contribution in [3.8, 4) is 0 Å². The molecule has 1 atom stereocenters. The second-order valence-corrected chi connectivity index (χ2v) is 6.66. The highest BCUT2D eigenvalue weighted by atomic mass is 16.5. The van der Waals surface area contributed by atoms with Crippen molar-refractivity contribution in [1.82, 2.24) is 10.6 Å². The summed E-state index contributed by atoms with van der Waals surface area (Å²) in [7, 11) is 1.25. The first-order valence-corrected chi connectivity index (χ1v) is 9.44. The zero-order valence-electron chi connectivity index (χ0n) is 16.7. The normalized spacial score (nSPS) is 12.1. The van der Waals surface area contributed by atoms with Crippen molar-refractivity contribution in [2.45, 2.75) is 13.0 Å². The number of nitrogens with one attached hydrogen (secondary N) is 2. The number of fused-ring (bicyclic) bond motifs is 1. The van der Waals surface area contributed by atoms with Gasteiger partial charge in [-0.05, 0) is 41.5 Å². The van der Waals surface area contributed by atoms with Gasteiger partial charge in [0.15, 0.2) is 0 Å². The van der Waals surface area contributed by atoms with Crippen molar-refractivity contribution in [2.75, 3.05) is 7.11 Å². The van der Waals surface area contributed by atoms with Gasteiger partial charge in [-0.15, -0.1) is 0 Å². The van der Waals surface area contributed by atoms with Crippen molar-refractivity contribution < 1.29 is 19.1 Å². The number of carbonyl (C=O) groups excluding carboxylic acids is 3. The fourth-order valence-corrected chi connectivity index (χ4v) is 2.98. The van der Waals surface area contributed by atoms with E-state index in [4.69, 9.17) is 0 Å². The highest BCUT2D eigenvalue weighted by molar-refractivity contribution is 6.07. The molecule has 0 radical (unpaired) electrons. The molecule has 0 spiro atoms. The summed E-state index contributed by atoms with van der Waals surface area (Å²) in [6.07, 6.45) is 1.60. The van der Waals surface area contributed by atoms with Gasteiger partial charge < -0.3 is 15.4 Å². The summed E-state index contributed by atoms with van der Waals surface area (Å²) >= 11 is 0. The van der Waals surface area contributed by atoms with Crippen LogP contribution in [0.2, 0.25) is 0 Å². The zero-order valence-corrected chi connectivity index (χ0v) is 16.7. The molecule has 3 aromatic rings. The van der Waals surface area contributed by atoms with Gasteiger partial charge in [-0.2, -0.15) is 0 Å². The van der Waals surface area contributed by atoms with Crippen molar-refractivity contribution >= 4 is 34.6 Å². The van der Waals surface area contributed by atoms with Gasteiger partial charge in [0.1, 0.15) is 11.7 Å². The van der Waals surface area contributed by atoms with Gasteiger partial charge in [0.05, 0.1) is 7.11 Å². The standard InChI is InChI=1S/C24H22N2O4/c1-16(24(29)30-2)25-23(28)21(26-22(27)18-10-4-3-5-11-18)15-19-13-8-12-17-9-6-7-14-20(17)19/h3-16H,1-2H3,(H,25,28)(H,26,27)/b21-15-/t16-/m0/s1. The number of esters is 1. The minimum absolute atomic E-state index is 0.0240. The third-order valence-corrected chi connectivity index (χ3v) is 4.55. The third-order valence-electron chi connectivity index (χ3n) is 4.55. The highest BCUT2D eigenvalue weighted by Gasteiger charge is 2.20. The Bertz CT molecular complexity index is 1100. The number of benzene rings is 3. The third kappa shape index (κ3) is 4.91. The Morgan fingerprint density at radius 3 is 2.30 bits per heavy atom. The van der Waals surface area contributed by atoms with E-state index in [0.29, 0.717) is 5.56 Å². The molecule has 0 bridgehead atoms. The van der Waals surface area contributed by atoms with Gasteiger partial charge in [-0.25, -0.2) is 4.79 Å². The maximum atomic E-state index is 12.9. The number of ether oxygens (including phenoxy) is 1. The molecule has 2 N–H and O–H groups in total. The first-order chi connectivity index (χ1) is 14.5. The average Bonchev–Trinajstić information content (AvgIpc) is 2.78. The molecule has 0 heterocycles. The zero-order chi connectivity index (χ0) is 21.5. The van der Waals surface area contributed by atoms with E-state index in [1.165, 1.54) is 14.0 Å². The molecule has 0 saturated carbocycles. The van der Waals surface area contributed by atoms with Gasteiger partial charge in [-0.3, -0.25) is 9.59 Å². The predicted molar refractivity (Wildman–Crippen MR) is 115 cm³/mol. The van der Waals surface area contributed by atoms with Crippen LogP contribution in [-0.2, 0) is 14.3 Å². The highest BCUT2D eigenvalue weighted by Crippen LogP contribution is 2.20. The smallest absolute Gasteiger partial charge is 0.328 e. The molecule has 6 nitrogen and oxygen atoms in total. The molecule has 30 heavy (non-hydrogen) atoms. The molecule has 2 amide bonds. The number of hydrogen-bond acceptors (Lipinski definition) is 4. The molecular weight excluding hydrogens is 380 g/mol. The number of hydrogen-bond donors (Lipinski definition) is 2. The second kappa shape index (κ2) is 9.52. The minimum atomic E-state index is -0.868. The SMILES string of the molecule is COC(=O)[C@H](C)NC(=O)/C(=C/c1cccc2ccccc12)NC(=O)c1ccccc1. The van der Waals surface area contributed by atoms with Crippen LogP contribution in [0.5, 0.6) is 0 Å². The average molecular weight is 402 g/mol. The Morgan fingerprint density at radius 2 is 1.57 bits per heavy atom. The fraction of sp³-hybridized carbons (Fsp3) is 0.125. The maximum absolute atomic E-state index is 12.9. The second-order valence-electron chi connectivity index (χ2n) is 6.66. The van der Waals surface area contributed by atoms with E-state index in [1.807, 2.05) is 42.5 Å². The van der Waals surface area contributed by atoms with Crippen molar-refractivity contribution in [2.24, 2.45) is 0 Å². The lowest BCUT2D eigenvalue weighted by molar-refractivity contribution is -0.144. The van der Waals surface area contributed by atoms with Crippen molar-refractivity contribution in [3.63, 3.8) is 0 Å². The molecule has 3 rings (SSSR count). The van der Waals surface area contributed by atoms with Crippen LogP contribution in [0.25, 0.3) is 16.8 Å². The molecule has 6 heteroatoms. The van der Waals surface area contributed by atoms with Crippen molar-refractivity contribution in [3.05, 3.63) is 89.6 Å². The van der Waals surface area contributed by atoms with Crippen LogP contribution in [0.1, 0.15) is 22.8 Å². The van der Waals surface area contributed by atoms with E-state index in [9.17, 15) is 14.4 Å². The van der Waals surface area contributed by atoms with Crippen LogP contribution in [0.15, 0.2) is 78.5 Å². The summed E-state index contributed by atoms with van der Waals surface area (Å²) in [5, 5.41) is 7.16. The largest absolute Gasteiger partial charge is 0.467 e. The van der Waals surface area contributed by atoms with Gasteiger partial charge in [0.25, 0.3) is 11.8 Å². The summed E-state index contributed by atoms with van der Waals surface area (Å²) in [5.74, 6) is -1.60. The predicted octanol–water partition coefficient (Wildman–Crippen LogP) is 3.29. The number of rotatable bonds is 6. The molecule has 3 aromatic carbocycles. The fourth-order valence-electron chi connectivity index (χ4n) is 2.98. The number of carbonyl (C=O) groups is 3. The van der Waals surface area contributed by atoms with Gasteiger partial charge in [-0.1, -0.05) is 60.7 Å². The summed E-state index contributed by atoms with van der Waals surface area (Å²) in [5.41, 5.74) is 1.20. The Labute approximate surface area is 174 Å². The van der Waals surface area contributed by atoms with Crippen molar-refractivity contribution in [1.29, 1.82) is 0 Å². The quantitative estimate of drug-likeness (QED) is 0.490. The Kier molecular flexibility index (Phi) is 6.60. The van der Waals surface area contributed by atoms with Crippen LogP contribution in [0.3, 0.4) is 0 Å². The Hall–Kier alpha value is -3.93. The Balaban J connectivity index is 1.98. The van der Waals surface area contributed by atoms with E-state index in [0.717, 1.165) is 16.3 Å². The minimum Gasteiger partial charge on any atom is -0.467 e. The lowest BCUT2D eigenvalue weighted by Crippen LogP contribution is -2.43. The molecule has 0 aliphatic carbocycles. The van der Waals surface area contributed by atoms with Crippen LogP contribution in [0.4, 0.5) is 0 Å². The van der Waals surface area contributed by atoms with Gasteiger partial charge in [0.2, 0.25) is 0 Å². The molecule has 0 saturated heterocycles. The van der Waals surface area contributed by atoms with E-state index >= 15 is 0 Å². The summed E-state index contributed by atoms with van der Waals surface area (Å²) in [4.78, 5) is 37.2. The molecule has 0 aromatic heterocycles. The monoisotopic (exact) mass is 402 g/mol. The number of amides is 2. The topological polar surface area (TPSA) is 84.5 Å². The van der Waals surface area contributed by atoms with E-state index in [-0.39, 0.29) is 5.70 Å².